The van der Waals surface area contributed by atoms with Crippen molar-refractivity contribution in [2.75, 3.05) is 13.2 Å². The van der Waals surface area contributed by atoms with E-state index in [0.717, 1.165) is 65.3 Å². The molecule has 32 heavy (non-hydrogen) atoms. The first-order chi connectivity index (χ1) is 15.5. The van der Waals surface area contributed by atoms with Gasteiger partial charge in [0.25, 0.3) is 0 Å². The number of aromatic nitrogens is 2. The van der Waals surface area contributed by atoms with E-state index < -0.39 is 5.97 Å². The van der Waals surface area contributed by atoms with E-state index in [1.54, 1.807) is 0 Å². The molecule has 1 N–H and O–H groups in total. The zero-order chi connectivity index (χ0) is 22.5. The van der Waals surface area contributed by atoms with Crippen molar-refractivity contribution < 1.29 is 14.6 Å². The summed E-state index contributed by atoms with van der Waals surface area (Å²) in [6.07, 6.45) is 4.33. The molecule has 0 radical (unpaired) electrons. The van der Waals surface area contributed by atoms with Crippen LogP contribution in [0.4, 0.5) is 0 Å². The first kappa shape index (κ1) is 22.6. The normalized spacial score (nSPS) is 18.6. The SMILES string of the molecule is Cc1c(-c2ccccc2Cl)c(-c2ccccc2)nn1C[C@H]1CC[C@@H](COCC(=O)O)CC1. The summed E-state index contributed by atoms with van der Waals surface area (Å²) in [7, 11) is 0. The van der Waals surface area contributed by atoms with Crippen LogP contribution < -0.4 is 0 Å². The number of ether oxygens (including phenoxy) is 1. The van der Waals surface area contributed by atoms with Gasteiger partial charge < -0.3 is 9.84 Å². The van der Waals surface area contributed by atoms with Gasteiger partial charge in [0.15, 0.2) is 0 Å². The highest BCUT2D eigenvalue weighted by Crippen LogP contribution is 2.39. The average Bonchev–Trinajstić information content (AvgIpc) is 3.11. The fourth-order valence-electron chi connectivity index (χ4n) is 4.65. The number of carboxylic acid groups (broad SMARTS) is 1. The smallest absolute Gasteiger partial charge is 0.329 e. The molecule has 168 valence electrons. The monoisotopic (exact) mass is 452 g/mol. The Morgan fingerprint density at radius 1 is 1.06 bits per heavy atom. The Labute approximate surface area is 194 Å². The third-order valence-corrected chi connectivity index (χ3v) is 6.70. The molecule has 0 aliphatic heterocycles. The van der Waals surface area contributed by atoms with Gasteiger partial charge in [-0.2, -0.15) is 5.10 Å². The lowest BCUT2D eigenvalue weighted by atomic mass is 9.82. The lowest BCUT2D eigenvalue weighted by Gasteiger charge is -2.28. The number of rotatable bonds is 8. The molecule has 0 saturated heterocycles. The molecule has 0 bridgehead atoms. The topological polar surface area (TPSA) is 64.4 Å². The third-order valence-electron chi connectivity index (χ3n) is 6.37. The van der Waals surface area contributed by atoms with Crippen LogP contribution in [-0.2, 0) is 16.1 Å². The van der Waals surface area contributed by atoms with Gasteiger partial charge in [0.1, 0.15) is 12.3 Å². The van der Waals surface area contributed by atoms with Crippen molar-refractivity contribution in [1.82, 2.24) is 9.78 Å². The number of hydrogen-bond acceptors (Lipinski definition) is 3. The highest BCUT2D eigenvalue weighted by molar-refractivity contribution is 6.33. The first-order valence-corrected chi connectivity index (χ1v) is 11.6. The second kappa shape index (κ2) is 10.3. The summed E-state index contributed by atoms with van der Waals surface area (Å²) in [5, 5.41) is 14.5. The van der Waals surface area contributed by atoms with Crippen LogP contribution in [0.15, 0.2) is 54.6 Å². The number of aliphatic carboxylic acids is 1. The summed E-state index contributed by atoms with van der Waals surface area (Å²) in [5.74, 6) is 0.0892. The molecule has 0 atom stereocenters. The fraction of sp³-hybridized carbons (Fsp3) is 0.385. The lowest BCUT2D eigenvalue weighted by Crippen LogP contribution is -2.23. The minimum atomic E-state index is -0.906. The standard InChI is InChI=1S/C26H29ClN2O3/c1-18-25(22-9-5-6-10-23(22)27)26(21-7-3-2-4-8-21)28-29(18)15-19-11-13-20(14-12-19)16-32-17-24(30)31/h2-10,19-20H,11-17H2,1H3,(H,30,31)/t19-,20+. The maximum Gasteiger partial charge on any atom is 0.329 e. The number of carboxylic acids is 1. The Morgan fingerprint density at radius 3 is 2.41 bits per heavy atom. The van der Waals surface area contributed by atoms with Crippen LogP contribution in [-0.4, -0.2) is 34.1 Å². The van der Waals surface area contributed by atoms with Gasteiger partial charge in [0, 0.05) is 34.0 Å². The van der Waals surface area contributed by atoms with Gasteiger partial charge in [-0.3, -0.25) is 4.68 Å². The maximum atomic E-state index is 10.6. The molecule has 1 aliphatic carbocycles. The predicted molar refractivity (Wildman–Crippen MR) is 127 cm³/mol. The Kier molecular flexibility index (Phi) is 7.28. The van der Waals surface area contributed by atoms with E-state index in [0.29, 0.717) is 18.4 Å². The van der Waals surface area contributed by atoms with Crippen LogP contribution >= 0.6 is 11.6 Å². The highest BCUT2D eigenvalue weighted by Gasteiger charge is 2.25. The number of hydrogen-bond donors (Lipinski definition) is 1. The summed E-state index contributed by atoms with van der Waals surface area (Å²) in [4.78, 5) is 10.6. The molecule has 1 saturated carbocycles. The van der Waals surface area contributed by atoms with Gasteiger partial charge in [-0.1, -0.05) is 60.1 Å². The molecule has 0 spiro atoms. The molecule has 1 heterocycles. The van der Waals surface area contributed by atoms with Crippen molar-refractivity contribution in [2.24, 2.45) is 11.8 Å². The van der Waals surface area contributed by atoms with Crippen LogP contribution in [0.2, 0.25) is 5.02 Å². The quantitative estimate of drug-likeness (QED) is 0.449. The minimum Gasteiger partial charge on any atom is -0.480 e. The third kappa shape index (κ3) is 5.22. The molecule has 0 unspecified atom stereocenters. The van der Waals surface area contributed by atoms with Crippen LogP contribution in [0.1, 0.15) is 31.4 Å². The number of benzene rings is 2. The van der Waals surface area contributed by atoms with E-state index in [2.05, 4.69) is 29.8 Å². The van der Waals surface area contributed by atoms with E-state index in [1.165, 1.54) is 0 Å². The highest BCUT2D eigenvalue weighted by atomic mass is 35.5. The van der Waals surface area contributed by atoms with Gasteiger partial charge >= 0.3 is 5.97 Å². The van der Waals surface area contributed by atoms with Gasteiger partial charge in [0.05, 0.1) is 6.61 Å². The van der Waals surface area contributed by atoms with Gasteiger partial charge in [-0.05, 0) is 50.5 Å². The molecule has 0 amide bonds. The van der Waals surface area contributed by atoms with Gasteiger partial charge in [-0.25, -0.2) is 4.79 Å². The Balaban J connectivity index is 1.53. The number of halogens is 1. The largest absolute Gasteiger partial charge is 0.480 e. The van der Waals surface area contributed by atoms with Crippen LogP contribution in [0.3, 0.4) is 0 Å². The van der Waals surface area contributed by atoms with Crippen molar-refractivity contribution in [2.45, 2.75) is 39.2 Å². The van der Waals surface area contributed by atoms with Crippen molar-refractivity contribution in [3.05, 3.63) is 65.3 Å². The first-order valence-electron chi connectivity index (χ1n) is 11.2. The van der Waals surface area contributed by atoms with E-state index in [1.807, 2.05) is 36.4 Å². The molecule has 4 rings (SSSR count). The van der Waals surface area contributed by atoms with Crippen LogP contribution in [0.25, 0.3) is 22.4 Å². The van der Waals surface area contributed by atoms with Crippen molar-refractivity contribution in [3.8, 4) is 22.4 Å². The van der Waals surface area contributed by atoms with Crippen molar-refractivity contribution in [3.63, 3.8) is 0 Å². The molecule has 2 aromatic carbocycles. The zero-order valence-electron chi connectivity index (χ0n) is 18.3. The number of carbonyl (C=O) groups is 1. The summed E-state index contributed by atoms with van der Waals surface area (Å²) in [6, 6.07) is 18.2. The predicted octanol–water partition coefficient (Wildman–Crippen LogP) is 6.09. The lowest BCUT2D eigenvalue weighted by molar-refractivity contribution is -0.142. The number of nitrogens with zero attached hydrogens (tertiary/aromatic N) is 2. The molecule has 5 nitrogen and oxygen atoms in total. The Morgan fingerprint density at radius 2 is 1.72 bits per heavy atom. The second-order valence-electron chi connectivity index (χ2n) is 8.63. The van der Waals surface area contributed by atoms with E-state index in [4.69, 9.17) is 26.5 Å². The van der Waals surface area contributed by atoms with Crippen LogP contribution in [0.5, 0.6) is 0 Å². The maximum absolute atomic E-state index is 10.6. The molecule has 3 aromatic rings. The van der Waals surface area contributed by atoms with Gasteiger partial charge in [0.2, 0.25) is 0 Å². The van der Waals surface area contributed by atoms with Crippen LogP contribution in [0, 0.1) is 18.8 Å². The average molecular weight is 453 g/mol. The molecule has 1 aliphatic rings. The summed E-state index contributed by atoms with van der Waals surface area (Å²) < 4.78 is 7.45. The van der Waals surface area contributed by atoms with E-state index >= 15 is 0 Å². The second-order valence-corrected chi connectivity index (χ2v) is 9.04. The molecule has 1 fully saturated rings. The van der Waals surface area contributed by atoms with E-state index in [-0.39, 0.29) is 6.61 Å². The van der Waals surface area contributed by atoms with Crippen molar-refractivity contribution in [1.29, 1.82) is 0 Å². The zero-order valence-corrected chi connectivity index (χ0v) is 19.1. The molecular formula is C26H29ClN2O3. The van der Waals surface area contributed by atoms with Crippen molar-refractivity contribution >= 4 is 17.6 Å². The molecule has 6 heteroatoms. The van der Waals surface area contributed by atoms with Gasteiger partial charge in [-0.15, -0.1) is 0 Å². The summed E-state index contributed by atoms with van der Waals surface area (Å²) >= 11 is 6.58. The molecular weight excluding hydrogens is 424 g/mol. The summed E-state index contributed by atoms with van der Waals surface area (Å²) in [6.45, 7) is 3.33. The Hall–Kier alpha value is -2.63. The van der Waals surface area contributed by atoms with E-state index in [9.17, 15) is 4.79 Å². The fourth-order valence-corrected chi connectivity index (χ4v) is 4.88. The minimum absolute atomic E-state index is 0.209. The summed E-state index contributed by atoms with van der Waals surface area (Å²) in [5.41, 5.74) is 5.29. The molecule has 1 aromatic heterocycles. The Bertz CT molecular complexity index is 1060.